The monoisotopic (exact) mass is 183 g/mol. The van der Waals surface area contributed by atoms with Gasteiger partial charge in [-0.2, -0.15) is 0 Å². The van der Waals surface area contributed by atoms with E-state index in [9.17, 15) is 0 Å². The Labute approximate surface area is 78.6 Å². The first-order valence-electron chi connectivity index (χ1n) is 4.22. The molecule has 68 valence electrons. The van der Waals surface area contributed by atoms with Gasteiger partial charge < -0.3 is 5.73 Å². The summed E-state index contributed by atoms with van der Waals surface area (Å²) in [6.07, 6.45) is 0. The largest absolute Gasteiger partial charge is 0.323 e. The van der Waals surface area contributed by atoms with E-state index in [4.69, 9.17) is 5.73 Å². The van der Waals surface area contributed by atoms with Crippen LogP contribution in [0.15, 0.2) is 11.4 Å². The van der Waals surface area contributed by atoms with Gasteiger partial charge in [-0.1, -0.05) is 20.8 Å². The van der Waals surface area contributed by atoms with Gasteiger partial charge in [0.05, 0.1) is 0 Å². The van der Waals surface area contributed by atoms with Gasteiger partial charge in [0, 0.05) is 10.9 Å². The molecule has 0 fully saturated rings. The van der Waals surface area contributed by atoms with Gasteiger partial charge in [0.15, 0.2) is 0 Å². The molecule has 12 heavy (non-hydrogen) atoms. The second kappa shape index (κ2) is 3.19. The predicted octanol–water partition coefficient (Wildman–Crippen LogP) is 3.10. The molecule has 0 radical (unpaired) electrons. The van der Waals surface area contributed by atoms with E-state index in [1.807, 2.05) is 0 Å². The summed E-state index contributed by atoms with van der Waals surface area (Å²) in [5.41, 5.74) is 7.61. The van der Waals surface area contributed by atoms with Crippen molar-refractivity contribution in [1.29, 1.82) is 0 Å². The fourth-order valence-electron chi connectivity index (χ4n) is 1.10. The predicted molar refractivity (Wildman–Crippen MR) is 55.4 cm³/mol. The molecule has 0 saturated carbocycles. The first-order valence-corrected chi connectivity index (χ1v) is 5.10. The maximum atomic E-state index is 6.13. The Morgan fingerprint density at radius 1 is 1.42 bits per heavy atom. The smallest absolute Gasteiger partial charge is 0.0441 e. The molecule has 1 nitrogen and oxygen atoms in total. The summed E-state index contributed by atoms with van der Waals surface area (Å²) < 4.78 is 0. The lowest BCUT2D eigenvalue weighted by molar-refractivity contribution is 0.330. The molecule has 1 heterocycles. The van der Waals surface area contributed by atoms with Gasteiger partial charge in [0.25, 0.3) is 0 Å². The van der Waals surface area contributed by atoms with E-state index in [1.54, 1.807) is 11.3 Å². The number of rotatable bonds is 1. The van der Waals surface area contributed by atoms with E-state index in [0.717, 1.165) is 0 Å². The van der Waals surface area contributed by atoms with Crippen LogP contribution in [-0.2, 0) is 0 Å². The van der Waals surface area contributed by atoms with Gasteiger partial charge in [-0.3, -0.25) is 0 Å². The molecular formula is C10H17NS. The van der Waals surface area contributed by atoms with Crippen LogP contribution >= 0.6 is 11.3 Å². The standard InChI is InChI=1S/C10H17NS/c1-7-5-6-12-8(7)9(11)10(2,3)4/h5-6,9H,11H2,1-4H3. The average Bonchev–Trinajstić information content (AvgIpc) is 2.31. The van der Waals surface area contributed by atoms with Crippen LogP contribution in [0.3, 0.4) is 0 Å². The molecule has 1 aromatic rings. The summed E-state index contributed by atoms with van der Waals surface area (Å²) >= 11 is 1.76. The van der Waals surface area contributed by atoms with Crippen LogP contribution in [0.25, 0.3) is 0 Å². The Hall–Kier alpha value is -0.340. The zero-order valence-electron chi connectivity index (χ0n) is 8.22. The highest BCUT2D eigenvalue weighted by atomic mass is 32.1. The van der Waals surface area contributed by atoms with Crippen molar-refractivity contribution in [2.75, 3.05) is 0 Å². The van der Waals surface area contributed by atoms with Crippen LogP contribution in [0.5, 0.6) is 0 Å². The summed E-state index contributed by atoms with van der Waals surface area (Å²) in [7, 11) is 0. The minimum Gasteiger partial charge on any atom is -0.323 e. The second-order valence-corrected chi connectivity index (χ2v) is 5.26. The Morgan fingerprint density at radius 2 is 2.00 bits per heavy atom. The first-order chi connectivity index (χ1) is 5.43. The van der Waals surface area contributed by atoms with Crippen LogP contribution in [0.2, 0.25) is 0 Å². The molecule has 0 saturated heterocycles. The van der Waals surface area contributed by atoms with Gasteiger partial charge in [-0.15, -0.1) is 11.3 Å². The van der Waals surface area contributed by atoms with Crippen molar-refractivity contribution in [1.82, 2.24) is 0 Å². The van der Waals surface area contributed by atoms with Gasteiger partial charge in [0.2, 0.25) is 0 Å². The topological polar surface area (TPSA) is 26.0 Å². The molecule has 1 rings (SSSR count). The number of thiophene rings is 1. The Kier molecular flexibility index (Phi) is 2.59. The van der Waals surface area contributed by atoms with Gasteiger partial charge in [-0.25, -0.2) is 0 Å². The SMILES string of the molecule is Cc1ccsc1C(N)C(C)(C)C. The molecular weight excluding hydrogens is 166 g/mol. The average molecular weight is 183 g/mol. The third kappa shape index (κ3) is 1.87. The fourth-order valence-corrected chi connectivity index (χ4v) is 2.27. The normalized spacial score (nSPS) is 14.8. The third-order valence-corrected chi connectivity index (χ3v) is 3.22. The summed E-state index contributed by atoms with van der Waals surface area (Å²) in [6.45, 7) is 8.65. The van der Waals surface area contributed by atoms with Gasteiger partial charge in [-0.05, 0) is 29.3 Å². The van der Waals surface area contributed by atoms with Crippen molar-refractivity contribution in [3.63, 3.8) is 0 Å². The zero-order valence-corrected chi connectivity index (χ0v) is 9.03. The third-order valence-electron chi connectivity index (χ3n) is 2.12. The van der Waals surface area contributed by atoms with Crippen molar-refractivity contribution in [2.45, 2.75) is 33.7 Å². The van der Waals surface area contributed by atoms with E-state index in [-0.39, 0.29) is 11.5 Å². The maximum absolute atomic E-state index is 6.13. The lowest BCUT2D eigenvalue weighted by Gasteiger charge is -2.26. The molecule has 2 heteroatoms. The van der Waals surface area contributed by atoms with Crippen LogP contribution in [0, 0.1) is 12.3 Å². The lowest BCUT2D eigenvalue weighted by Crippen LogP contribution is -2.25. The molecule has 0 amide bonds. The maximum Gasteiger partial charge on any atom is 0.0441 e. The van der Waals surface area contributed by atoms with Crippen molar-refractivity contribution >= 4 is 11.3 Å². The van der Waals surface area contributed by atoms with Gasteiger partial charge in [0.1, 0.15) is 0 Å². The number of hydrogen-bond acceptors (Lipinski definition) is 2. The van der Waals surface area contributed by atoms with Crippen LogP contribution in [0.1, 0.15) is 37.3 Å². The Bertz CT molecular complexity index is 257. The summed E-state index contributed by atoms with van der Waals surface area (Å²) in [4.78, 5) is 1.32. The minimum absolute atomic E-state index is 0.162. The molecule has 0 aliphatic heterocycles. The quantitative estimate of drug-likeness (QED) is 0.711. The van der Waals surface area contributed by atoms with Crippen molar-refractivity contribution < 1.29 is 0 Å². The highest BCUT2D eigenvalue weighted by Crippen LogP contribution is 2.34. The Balaban J connectivity index is 2.92. The summed E-state index contributed by atoms with van der Waals surface area (Å²) in [5.74, 6) is 0. The molecule has 0 aliphatic rings. The minimum atomic E-state index is 0.162. The molecule has 0 bridgehead atoms. The number of nitrogens with two attached hydrogens (primary N) is 1. The lowest BCUT2D eigenvalue weighted by atomic mass is 9.85. The zero-order chi connectivity index (χ0) is 9.35. The number of hydrogen-bond donors (Lipinski definition) is 1. The first kappa shape index (κ1) is 9.75. The molecule has 1 unspecified atom stereocenters. The molecule has 1 atom stereocenters. The molecule has 0 aliphatic carbocycles. The van der Waals surface area contributed by atoms with E-state index in [0.29, 0.717) is 0 Å². The van der Waals surface area contributed by atoms with Crippen molar-refractivity contribution in [2.24, 2.45) is 11.1 Å². The van der Waals surface area contributed by atoms with E-state index >= 15 is 0 Å². The molecule has 2 N–H and O–H groups in total. The second-order valence-electron chi connectivity index (χ2n) is 4.31. The van der Waals surface area contributed by atoms with Gasteiger partial charge >= 0.3 is 0 Å². The molecule has 0 spiro atoms. The highest BCUT2D eigenvalue weighted by molar-refractivity contribution is 7.10. The Morgan fingerprint density at radius 3 is 2.33 bits per heavy atom. The van der Waals surface area contributed by atoms with Crippen LogP contribution in [0.4, 0.5) is 0 Å². The molecule has 0 aromatic carbocycles. The summed E-state index contributed by atoms with van der Waals surface area (Å²) in [6, 6.07) is 2.29. The number of aryl methyl sites for hydroxylation is 1. The van der Waals surface area contributed by atoms with Crippen molar-refractivity contribution in [3.05, 3.63) is 21.9 Å². The van der Waals surface area contributed by atoms with Crippen LogP contribution < -0.4 is 5.73 Å². The molecule has 1 aromatic heterocycles. The van der Waals surface area contributed by atoms with E-state index in [2.05, 4.69) is 39.1 Å². The van der Waals surface area contributed by atoms with Crippen LogP contribution in [-0.4, -0.2) is 0 Å². The fraction of sp³-hybridized carbons (Fsp3) is 0.600. The highest BCUT2D eigenvalue weighted by Gasteiger charge is 2.24. The summed E-state index contributed by atoms with van der Waals surface area (Å²) in [5, 5.41) is 2.11. The van der Waals surface area contributed by atoms with Crippen molar-refractivity contribution in [3.8, 4) is 0 Å². The van der Waals surface area contributed by atoms with E-state index < -0.39 is 0 Å². The van der Waals surface area contributed by atoms with E-state index in [1.165, 1.54) is 10.4 Å².